The third-order valence-corrected chi connectivity index (χ3v) is 5.61. The minimum absolute atomic E-state index is 0.209. The van der Waals surface area contributed by atoms with E-state index in [4.69, 9.17) is 4.74 Å². The van der Waals surface area contributed by atoms with E-state index in [0.29, 0.717) is 22.7 Å². The topological polar surface area (TPSA) is 73.2 Å². The minimum atomic E-state index is -1.13. The first-order valence-corrected chi connectivity index (χ1v) is 9.82. The Labute approximate surface area is 161 Å². The lowest BCUT2D eigenvalue weighted by molar-refractivity contribution is 0.101. The summed E-state index contributed by atoms with van der Waals surface area (Å²) in [4.78, 5) is 12.6. The van der Waals surface area contributed by atoms with Gasteiger partial charge in [0.05, 0.1) is 30.0 Å². The number of nitrogens with one attached hydrogen (secondary N) is 1. The number of carbonyl (C=O) groups is 1. The maximum Gasteiger partial charge on any atom is 0.262 e. The van der Waals surface area contributed by atoms with E-state index in [0.717, 1.165) is 12.1 Å². The van der Waals surface area contributed by atoms with E-state index in [1.807, 2.05) is 0 Å². The first kappa shape index (κ1) is 18.3. The fraction of sp³-hybridized carbons (Fsp3) is 0.158. The molecular weight excluding hydrogens is 388 g/mol. The molecule has 0 aliphatic carbocycles. The van der Waals surface area contributed by atoms with E-state index in [1.54, 1.807) is 31.4 Å². The molecule has 0 saturated carbocycles. The van der Waals surface area contributed by atoms with Gasteiger partial charge in [-0.3, -0.25) is 9.00 Å². The number of aromatic nitrogens is 2. The fourth-order valence-corrected chi connectivity index (χ4v) is 4.32. The van der Waals surface area contributed by atoms with Crippen molar-refractivity contribution in [2.24, 2.45) is 0 Å². The first-order valence-electron chi connectivity index (χ1n) is 8.33. The standard InChI is InChI=1S/C19H15F2N3O3S/c1-27-12-7-5-11(6-8-12)24-18(13-9-28(26)10-16(13)23-24)22-19(25)17-14(20)3-2-4-15(17)21/h2-8H,9-10H2,1H3,(H,22,25)/t28-/m0/s1. The molecule has 4 rings (SSSR count). The molecule has 1 amide bonds. The van der Waals surface area contributed by atoms with Gasteiger partial charge in [0.25, 0.3) is 5.91 Å². The largest absolute Gasteiger partial charge is 0.497 e. The molecule has 0 spiro atoms. The molecule has 0 unspecified atom stereocenters. The van der Waals surface area contributed by atoms with Crippen molar-refractivity contribution in [2.75, 3.05) is 12.4 Å². The molecule has 144 valence electrons. The average molecular weight is 403 g/mol. The van der Waals surface area contributed by atoms with Gasteiger partial charge in [-0.1, -0.05) is 6.07 Å². The molecule has 0 radical (unpaired) electrons. The molecular formula is C19H15F2N3O3S. The van der Waals surface area contributed by atoms with Crippen molar-refractivity contribution in [3.8, 4) is 11.4 Å². The van der Waals surface area contributed by atoms with Crippen LogP contribution in [0.25, 0.3) is 5.69 Å². The van der Waals surface area contributed by atoms with Gasteiger partial charge in [0.1, 0.15) is 28.8 Å². The second-order valence-corrected chi connectivity index (χ2v) is 7.62. The number of hydrogen-bond donors (Lipinski definition) is 1. The monoisotopic (exact) mass is 403 g/mol. The smallest absolute Gasteiger partial charge is 0.262 e. The van der Waals surface area contributed by atoms with E-state index in [1.165, 1.54) is 10.7 Å². The molecule has 1 aliphatic rings. The summed E-state index contributed by atoms with van der Waals surface area (Å²) in [5, 5.41) is 6.99. The minimum Gasteiger partial charge on any atom is -0.497 e. The maximum atomic E-state index is 14.0. The second kappa shape index (κ2) is 7.16. The predicted molar refractivity (Wildman–Crippen MR) is 100.0 cm³/mol. The van der Waals surface area contributed by atoms with Gasteiger partial charge >= 0.3 is 0 Å². The molecule has 1 atom stereocenters. The van der Waals surface area contributed by atoms with Gasteiger partial charge in [0.2, 0.25) is 0 Å². The van der Waals surface area contributed by atoms with E-state index in [9.17, 15) is 17.8 Å². The lowest BCUT2D eigenvalue weighted by atomic mass is 10.1. The number of rotatable bonds is 4. The number of fused-ring (bicyclic) bond motifs is 1. The Balaban J connectivity index is 1.77. The van der Waals surface area contributed by atoms with Crippen LogP contribution in [0.5, 0.6) is 5.75 Å². The Morgan fingerprint density at radius 2 is 1.82 bits per heavy atom. The van der Waals surface area contributed by atoms with Crippen LogP contribution in [-0.4, -0.2) is 27.0 Å². The summed E-state index contributed by atoms with van der Waals surface area (Å²) in [5.74, 6) is -1.51. The van der Waals surface area contributed by atoms with E-state index < -0.39 is 33.9 Å². The summed E-state index contributed by atoms with van der Waals surface area (Å²) in [6.45, 7) is 0. The highest BCUT2D eigenvalue weighted by atomic mass is 32.2. The molecule has 2 aromatic carbocycles. The molecule has 6 nitrogen and oxygen atoms in total. The highest BCUT2D eigenvalue weighted by molar-refractivity contribution is 7.83. The molecule has 3 aromatic rings. The van der Waals surface area contributed by atoms with Crippen molar-refractivity contribution >= 4 is 22.5 Å². The van der Waals surface area contributed by atoms with Crippen molar-refractivity contribution in [3.63, 3.8) is 0 Å². The normalized spacial score (nSPS) is 15.3. The lowest BCUT2D eigenvalue weighted by Gasteiger charge is -2.12. The third kappa shape index (κ3) is 3.18. The molecule has 1 aromatic heterocycles. The van der Waals surface area contributed by atoms with Crippen LogP contribution >= 0.6 is 0 Å². The summed E-state index contributed by atoms with van der Waals surface area (Å²) in [5.41, 5.74) is 1.11. The van der Waals surface area contributed by atoms with Crippen LogP contribution in [0.3, 0.4) is 0 Å². The Bertz CT molecular complexity index is 1080. The quantitative estimate of drug-likeness (QED) is 0.726. The van der Waals surface area contributed by atoms with Crippen molar-refractivity contribution < 1.29 is 22.5 Å². The fourth-order valence-electron chi connectivity index (χ4n) is 3.05. The predicted octanol–water partition coefficient (Wildman–Crippen LogP) is 3.17. The van der Waals surface area contributed by atoms with Gasteiger partial charge in [-0.05, 0) is 36.4 Å². The van der Waals surface area contributed by atoms with Gasteiger partial charge in [-0.2, -0.15) is 5.10 Å². The van der Waals surface area contributed by atoms with Gasteiger partial charge < -0.3 is 10.1 Å². The van der Waals surface area contributed by atoms with Crippen molar-refractivity contribution in [1.29, 1.82) is 0 Å². The highest BCUT2D eigenvalue weighted by Gasteiger charge is 2.29. The number of anilines is 1. The second-order valence-electron chi connectivity index (χ2n) is 6.16. The van der Waals surface area contributed by atoms with Crippen LogP contribution in [0.1, 0.15) is 21.6 Å². The number of benzene rings is 2. The van der Waals surface area contributed by atoms with Crippen molar-refractivity contribution in [2.45, 2.75) is 11.5 Å². The summed E-state index contributed by atoms with van der Waals surface area (Å²) in [6.07, 6.45) is 0. The van der Waals surface area contributed by atoms with Crippen molar-refractivity contribution in [1.82, 2.24) is 9.78 Å². The molecule has 1 N–H and O–H groups in total. The number of halogens is 2. The first-order chi connectivity index (χ1) is 13.5. The SMILES string of the molecule is COc1ccc(-n2nc3c(c2NC(=O)c2c(F)cccc2F)C[S@](=O)C3)cc1. The Morgan fingerprint density at radius 1 is 1.14 bits per heavy atom. The summed E-state index contributed by atoms with van der Waals surface area (Å²) in [6, 6.07) is 10.1. The van der Waals surface area contributed by atoms with Gasteiger partial charge in [0.15, 0.2) is 0 Å². The summed E-state index contributed by atoms with van der Waals surface area (Å²) < 4.78 is 46.5. The molecule has 9 heteroatoms. The number of amides is 1. The molecule has 0 saturated heterocycles. The lowest BCUT2D eigenvalue weighted by Crippen LogP contribution is -2.19. The Morgan fingerprint density at radius 3 is 2.46 bits per heavy atom. The third-order valence-electron chi connectivity index (χ3n) is 4.41. The van der Waals surface area contributed by atoms with Crippen LogP contribution in [0, 0.1) is 11.6 Å². The van der Waals surface area contributed by atoms with Crippen molar-refractivity contribution in [3.05, 3.63) is 70.9 Å². The zero-order valence-corrected chi connectivity index (χ0v) is 15.6. The van der Waals surface area contributed by atoms with E-state index in [2.05, 4.69) is 10.4 Å². The zero-order valence-electron chi connectivity index (χ0n) is 14.7. The highest BCUT2D eigenvalue weighted by Crippen LogP contribution is 2.32. The summed E-state index contributed by atoms with van der Waals surface area (Å²) in [7, 11) is 0.411. The van der Waals surface area contributed by atoms with Crippen LogP contribution in [0.15, 0.2) is 42.5 Å². The van der Waals surface area contributed by atoms with Gasteiger partial charge in [-0.25, -0.2) is 13.5 Å². The maximum absolute atomic E-state index is 14.0. The van der Waals surface area contributed by atoms with Crippen LogP contribution in [0.2, 0.25) is 0 Å². The number of carbonyl (C=O) groups excluding carboxylic acids is 1. The number of ether oxygens (including phenoxy) is 1. The average Bonchev–Trinajstić information content (AvgIpc) is 3.19. The van der Waals surface area contributed by atoms with E-state index >= 15 is 0 Å². The van der Waals surface area contributed by atoms with Gasteiger partial charge in [0, 0.05) is 16.4 Å². The number of hydrogen-bond acceptors (Lipinski definition) is 4. The number of nitrogens with zero attached hydrogens (tertiary/aromatic N) is 2. The van der Waals surface area contributed by atoms with Crippen LogP contribution < -0.4 is 10.1 Å². The Kier molecular flexibility index (Phi) is 4.68. The van der Waals surface area contributed by atoms with Crippen LogP contribution in [0.4, 0.5) is 14.6 Å². The molecule has 0 fully saturated rings. The Hall–Kier alpha value is -3.07. The summed E-state index contributed by atoms with van der Waals surface area (Å²) >= 11 is 0. The van der Waals surface area contributed by atoms with Crippen LogP contribution in [-0.2, 0) is 22.3 Å². The van der Waals surface area contributed by atoms with E-state index in [-0.39, 0.29) is 17.3 Å². The molecule has 1 aliphatic heterocycles. The number of methoxy groups -OCH3 is 1. The zero-order chi connectivity index (χ0) is 19.8. The van der Waals surface area contributed by atoms with Gasteiger partial charge in [-0.15, -0.1) is 0 Å². The molecule has 2 heterocycles. The molecule has 0 bridgehead atoms. The molecule has 28 heavy (non-hydrogen) atoms.